The number of rotatable bonds is 1. The van der Waals surface area contributed by atoms with Gasteiger partial charge in [-0.2, -0.15) is 0 Å². The molecular formula is C10H13N. The first-order valence-corrected chi connectivity index (χ1v) is 3.88. The Morgan fingerprint density at radius 1 is 1.64 bits per heavy atom. The predicted octanol–water partition coefficient (Wildman–Crippen LogP) is 2.87. The van der Waals surface area contributed by atoms with Gasteiger partial charge in [-0.05, 0) is 31.4 Å². The average Bonchev–Trinajstić information content (AvgIpc) is 2.03. The van der Waals surface area contributed by atoms with E-state index in [0.717, 1.165) is 24.1 Å². The Labute approximate surface area is 67.8 Å². The molecule has 1 aliphatic rings. The van der Waals surface area contributed by atoms with Crippen LogP contribution in [0.3, 0.4) is 0 Å². The third-order valence-electron chi connectivity index (χ3n) is 1.61. The molecule has 0 heterocycles. The molecular weight excluding hydrogens is 134 g/mol. The summed E-state index contributed by atoms with van der Waals surface area (Å²) in [6.07, 6.45) is 10.0. The Bertz CT molecular complexity index is 231. The lowest BCUT2D eigenvalue weighted by Gasteiger charge is -2.07. The second-order valence-corrected chi connectivity index (χ2v) is 2.54. The van der Waals surface area contributed by atoms with Crippen molar-refractivity contribution in [1.29, 1.82) is 0 Å². The second-order valence-electron chi connectivity index (χ2n) is 2.54. The van der Waals surface area contributed by atoms with Crippen molar-refractivity contribution in [2.24, 2.45) is 4.99 Å². The van der Waals surface area contributed by atoms with E-state index in [1.165, 1.54) is 0 Å². The maximum Gasteiger partial charge on any atom is 0.0652 e. The van der Waals surface area contributed by atoms with E-state index in [2.05, 4.69) is 17.6 Å². The zero-order valence-corrected chi connectivity index (χ0v) is 6.88. The molecule has 0 aliphatic heterocycles. The monoisotopic (exact) mass is 147 g/mol. The molecule has 58 valence electrons. The van der Waals surface area contributed by atoms with E-state index in [1.807, 2.05) is 19.1 Å². The largest absolute Gasteiger partial charge is 0.257 e. The highest BCUT2D eigenvalue weighted by Crippen LogP contribution is 2.12. The van der Waals surface area contributed by atoms with Crippen LogP contribution in [0.15, 0.2) is 41.6 Å². The van der Waals surface area contributed by atoms with Gasteiger partial charge in [0, 0.05) is 6.20 Å². The molecule has 0 fully saturated rings. The van der Waals surface area contributed by atoms with Gasteiger partial charge in [0.05, 0.1) is 5.71 Å². The zero-order chi connectivity index (χ0) is 8.10. The quantitative estimate of drug-likeness (QED) is 0.540. The fourth-order valence-corrected chi connectivity index (χ4v) is 0.988. The lowest BCUT2D eigenvalue weighted by Crippen LogP contribution is -2.01. The molecule has 11 heavy (non-hydrogen) atoms. The first kappa shape index (κ1) is 7.99. The van der Waals surface area contributed by atoms with Crippen LogP contribution >= 0.6 is 0 Å². The maximum absolute atomic E-state index is 4.23. The number of aliphatic imine (C=N–C) groups is 1. The molecule has 0 aromatic heterocycles. The normalized spacial score (nSPS) is 21.9. The van der Waals surface area contributed by atoms with Gasteiger partial charge in [0.2, 0.25) is 0 Å². The highest BCUT2D eigenvalue weighted by atomic mass is 14.7. The summed E-state index contributed by atoms with van der Waals surface area (Å²) in [5, 5.41) is 0. The van der Waals surface area contributed by atoms with E-state index in [9.17, 15) is 0 Å². The van der Waals surface area contributed by atoms with Crippen LogP contribution in [0.1, 0.15) is 19.8 Å². The molecule has 1 heteroatoms. The topological polar surface area (TPSA) is 12.4 Å². The molecule has 0 spiro atoms. The molecule has 0 saturated carbocycles. The average molecular weight is 147 g/mol. The van der Waals surface area contributed by atoms with Gasteiger partial charge >= 0.3 is 0 Å². The van der Waals surface area contributed by atoms with Crippen molar-refractivity contribution in [3.63, 3.8) is 0 Å². The van der Waals surface area contributed by atoms with Gasteiger partial charge < -0.3 is 0 Å². The third kappa shape index (κ3) is 2.19. The van der Waals surface area contributed by atoms with Crippen LogP contribution in [0.2, 0.25) is 0 Å². The standard InChI is InChI=1S/C10H13N/c1-3-8-11-10-7-5-4-6-9(10)2/h3,5,7-8H,2,4,6H2,1H3/b8-3-,11-10-. The molecule has 0 unspecified atom stereocenters. The fraction of sp³-hybridized carbons (Fsp3) is 0.300. The van der Waals surface area contributed by atoms with Crippen LogP contribution < -0.4 is 0 Å². The van der Waals surface area contributed by atoms with Gasteiger partial charge in [-0.15, -0.1) is 0 Å². The summed E-state index contributed by atoms with van der Waals surface area (Å²) in [6.45, 7) is 5.89. The molecule has 0 N–H and O–H groups in total. The molecule has 0 amide bonds. The van der Waals surface area contributed by atoms with Crippen LogP contribution in [0.5, 0.6) is 0 Å². The molecule has 1 rings (SSSR count). The Morgan fingerprint density at radius 2 is 2.45 bits per heavy atom. The predicted molar refractivity (Wildman–Crippen MR) is 49.8 cm³/mol. The van der Waals surface area contributed by atoms with Crippen LogP contribution in [0.4, 0.5) is 0 Å². The third-order valence-corrected chi connectivity index (χ3v) is 1.61. The molecule has 0 bridgehead atoms. The van der Waals surface area contributed by atoms with E-state index in [1.54, 1.807) is 6.20 Å². The molecule has 0 aromatic carbocycles. The number of hydrogen-bond acceptors (Lipinski definition) is 1. The fourth-order valence-electron chi connectivity index (χ4n) is 0.988. The van der Waals surface area contributed by atoms with Crippen LogP contribution in [-0.2, 0) is 0 Å². The minimum Gasteiger partial charge on any atom is -0.257 e. The molecule has 1 aliphatic carbocycles. The summed E-state index contributed by atoms with van der Waals surface area (Å²) in [5.74, 6) is 0. The summed E-state index contributed by atoms with van der Waals surface area (Å²) in [5.41, 5.74) is 2.17. The Morgan fingerprint density at radius 3 is 3.09 bits per heavy atom. The number of allylic oxidation sites excluding steroid dienone is 4. The van der Waals surface area contributed by atoms with Gasteiger partial charge in [-0.25, -0.2) is 0 Å². The number of hydrogen-bond donors (Lipinski definition) is 0. The SMILES string of the molecule is C=C1CCC=C/C1=N/C=C\C. The Hall–Kier alpha value is -1.11. The van der Waals surface area contributed by atoms with Crippen molar-refractivity contribution < 1.29 is 0 Å². The highest BCUT2D eigenvalue weighted by molar-refractivity contribution is 6.08. The first-order valence-electron chi connectivity index (χ1n) is 3.88. The van der Waals surface area contributed by atoms with Gasteiger partial charge in [0.15, 0.2) is 0 Å². The molecule has 0 aromatic rings. The van der Waals surface area contributed by atoms with Crippen molar-refractivity contribution >= 4 is 5.71 Å². The summed E-state index contributed by atoms with van der Waals surface area (Å²) in [4.78, 5) is 4.23. The van der Waals surface area contributed by atoms with E-state index in [-0.39, 0.29) is 0 Å². The second kappa shape index (κ2) is 3.91. The molecule has 0 saturated heterocycles. The van der Waals surface area contributed by atoms with E-state index in [4.69, 9.17) is 0 Å². The summed E-state index contributed by atoms with van der Waals surface area (Å²) in [7, 11) is 0. The Balaban J connectivity index is 2.76. The van der Waals surface area contributed by atoms with Crippen LogP contribution in [-0.4, -0.2) is 5.71 Å². The molecule has 0 atom stereocenters. The van der Waals surface area contributed by atoms with Crippen molar-refractivity contribution in [3.05, 3.63) is 36.6 Å². The minimum absolute atomic E-state index is 1.02. The summed E-state index contributed by atoms with van der Waals surface area (Å²) in [6, 6.07) is 0. The van der Waals surface area contributed by atoms with Gasteiger partial charge in [0.25, 0.3) is 0 Å². The van der Waals surface area contributed by atoms with Crippen molar-refractivity contribution in [1.82, 2.24) is 0 Å². The van der Waals surface area contributed by atoms with Crippen molar-refractivity contribution in [2.75, 3.05) is 0 Å². The van der Waals surface area contributed by atoms with E-state index >= 15 is 0 Å². The van der Waals surface area contributed by atoms with Crippen LogP contribution in [0.25, 0.3) is 0 Å². The lowest BCUT2D eigenvalue weighted by atomic mass is 10.0. The van der Waals surface area contributed by atoms with E-state index in [0.29, 0.717) is 0 Å². The summed E-state index contributed by atoms with van der Waals surface area (Å²) >= 11 is 0. The van der Waals surface area contributed by atoms with Gasteiger partial charge in [0.1, 0.15) is 0 Å². The first-order chi connectivity index (χ1) is 5.34. The molecule has 0 radical (unpaired) electrons. The Kier molecular flexibility index (Phi) is 2.84. The molecule has 1 nitrogen and oxygen atoms in total. The smallest absolute Gasteiger partial charge is 0.0652 e. The maximum atomic E-state index is 4.23. The van der Waals surface area contributed by atoms with Crippen molar-refractivity contribution in [3.8, 4) is 0 Å². The number of nitrogens with zero attached hydrogens (tertiary/aromatic N) is 1. The lowest BCUT2D eigenvalue weighted by molar-refractivity contribution is 1.01. The van der Waals surface area contributed by atoms with Gasteiger partial charge in [-0.1, -0.05) is 18.7 Å². The highest BCUT2D eigenvalue weighted by Gasteiger charge is 2.03. The minimum atomic E-state index is 1.02. The van der Waals surface area contributed by atoms with Crippen molar-refractivity contribution in [2.45, 2.75) is 19.8 Å². The zero-order valence-electron chi connectivity index (χ0n) is 6.88. The van der Waals surface area contributed by atoms with E-state index < -0.39 is 0 Å². The van der Waals surface area contributed by atoms with Gasteiger partial charge in [-0.3, -0.25) is 4.99 Å². The van der Waals surface area contributed by atoms with Crippen LogP contribution in [0, 0.1) is 0 Å². The summed E-state index contributed by atoms with van der Waals surface area (Å²) < 4.78 is 0.